The highest BCUT2D eigenvalue weighted by Gasteiger charge is 2.28. The molecule has 1 aromatic carbocycles. The topological polar surface area (TPSA) is 70.3 Å². The van der Waals surface area contributed by atoms with Crippen molar-refractivity contribution in [2.24, 2.45) is 10.9 Å². The number of likely N-dealkylation sites (tertiary alicyclic amines) is 1. The summed E-state index contributed by atoms with van der Waals surface area (Å²) in [4.78, 5) is 21.0. The van der Waals surface area contributed by atoms with Gasteiger partial charge in [-0.25, -0.2) is 0 Å². The number of nitrogens with one attached hydrogen (secondary N) is 1. The highest BCUT2D eigenvalue weighted by atomic mass is 127. The standard InChI is InChI=1S/C24H34N4O3.HI/c1-4-30-23(29)21-11-7-13-28(17-21)24(25-2)26-15-19-9-5-6-10-20(19)16-27(3)18-22-12-8-14-31-22;/h5-6,8-10,12,14,21H,4,7,11,13,15-18H2,1-3H3,(H,25,26);1H. The van der Waals surface area contributed by atoms with Gasteiger partial charge in [0.15, 0.2) is 5.96 Å². The van der Waals surface area contributed by atoms with E-state index < -0.39 is 0 Å². The number of hydrogen-bond acceptors (Lipinski definition) is 5. The van der Waals surface area contributed by atoms with Crippen LogP contribution < -0.4 is 5.32 Å². The molecule has 1 saturated heterocycles. The van der Waals surface area contributed by atoms with Gasteiger partial charge in [-0.05, 0) is 50.1 Å². The molecule has 176 valence electrons. The minimum atomic E-state index is -0.104. The zero-order chi connectivity index (χ0) is 22.1. The van der Waals surface area contributed by atoms with E-state index in [1.54, 1.807) is 13.3 Å². The van der Waals surface area contributed by atoms with Crippen LogP contribution in [0, 0.1) is 5.92 Å². The maximum Gasteiger partial charge on any atom is 0.310 e. The summed E-state index contributed by atoms with van der Waals surface area (Å²) in [6.45, 7) is 6.08. The van der Waals surface area contributed by atoms with Crippen LogP contribution in [-0.4, -0.2) is 55.5 Å². The summed E-state index contributed by atoms with van der Waals surface area (Å²) in [5.74, 6) is 1.59. The van der Waals surface area contributed by atoms with Gasteiger partial charge >= 0.3 is 5.97 Å². The van der Waals surface area contributed by atoms with Crippen molar-refractivity contribution in [1.82, 2.24) is 15.1 Å². The van der Waals surface area contributed by atoms with Crippen molar-refractivity contribution >= 4 is 35.9 Å². The highest BCUT2D eigenvalue weighted by molar-refractivity contribution is 14.0. The number of benzene rings is 1. The number of halogens is 1. The average molecular weight is 554 g/mol. The largest absolute Gasteiger partial charge is 0.468 e. The summed E-state index contributed by atoms with van der Waals surface area (Å²) in [7, 11) is 3.88. The van der Waals surface area contributed by atoms with Crippen molar-refractivity contribution in [1.29, 1.82) is 0 Å². The number of furan rings is 1. The lowest BCUT2D eigenvalue weighted by Gasteiger charge is -2.34. The number of guanidine groups is 1. The van der Waals surface area contributed by atoms with E-state index in [-0.39, 0.29) is 35.9 Å². The maximum absolute atomic E-state index is 12.2. The number of rotatable bonds is 8. The first-order valence-corrected chi connectivity index (χ1v) is 11.0. The lowest BCUT2D eigenvalue weighted by atomic mass is 9.98. The van der Waals surface area contributed by atoms with Crippen molar-refractivity contribution in [2.45, 2.75) is 39.4 Å². The average Bonchev–Trinajstić information content (AvgIpc) is 3.28. The normalized spacial score (nSPS) is 16.6. The fraction of sp³-hybridized carbons (Fsp3) is 0.500. The fourth-order valence-corrected chi connectivity index (χ4v) is 4.03. The molecular formula is C24H35IN4O3. The Bertz CT molecular complexity index is 857. The van der Waals surface area contributed by atoms with Crippen LogP contribution in [0.1, 0.15) is 36.7 Å². The van der Waals surface area contributed by atoms with Gasteiger partial charge in [0.2, 0.25) is 0 Å². The molecule has 0 bridgehead atoms. The quantitative estimate of drug-likeness (QED) is 0.231. The predicted molar refractivity (Wildman–Crippen MR) is 137 cm³/mol. The summed E-state index contributed by atoms with van der Waals surface area (Å²) in [5.41, 5.74) is 2.50. The SMILES string of the molecule is CCOC(=O)C1CCCN(C(=NC)NCc2ccccc2CN(C)Cc2ccco2)C1.I. The molecule has 7 nitrogen and oxygen atoms in total. The number of nitrogens with zero attached hydrogens (tertiary/aromatic N) is 3. The summed E-state index contributed by atoms with van der Waals surface area (Å²) in [6.07, 6.45) is 3.54. The molecule has 1 aliphatic heterocycles. The summed E-state index contributed by atoms with van der Waals surface area (Å²) < 4.78 is 10.7. The Morgan fingerprint density at radius 2 is 2.03 bits per heavy atom. The van der Waals surface area contributed by atoms with E-state index in [1.165, 1.54) is 11.1 Å². The van der Waals surface area contributed by atoms with Crippen molar-refractivity contribution in [2.75, 3.05) is 33.8 Å². The lowest BCUT2D eigenvalue weighted by Crippen LogP contribution is -2.48. The van der Waals surface area contributed by atoms with Crippen LogP contribution in [0.4, 0.5) is 0 Å². The number of hydrogen-bond donors (Lipinski definition) is 1. The molecule has 0 amide bonds. The Balaban J connectivity index is 0.00000363. The number of piperidine rings is 1. The van der Waals surface area contributed by atoms with E-state index in [1.807, 2.05) is 19.1 Å². The van der Waals surface area contributed by atoms with Crippen LogP contribution in [0.3, 0.4) is 0 Å². The van der Waals surface area contributed by atoms with E-state index in [2.05, 4.69) is 51.4 Å². The first-order chi connectivity index (χ1) is 15.1. The molecule has 2 heterocycles. The van der Waals surface area contributed by atoms with Crippen molar-refractivity contribution < 1.29 is 13.9 Å². The van der Waals surface area contributed by atoms with Crippen molar-refractivity contribution in [3.05, 3.63) is 59.5 Å². The molecule has 1 N–H and O–H groups in total. The molecule has 0 spiro atoms. The monoisotopic (exact) mass is 554 g/mol. The molecule has 1 unspecified atom stereocenters. The van der Waals surface area contributed by atoms with Gasteiger partial charge in [-0.1, -0.05) is 24.3 Å². The third-order valence-corrected chi connectivity index (χ3v) is 5.55. The van der Waals surface area contributed by atoms with E-state index in [0.717, 1.165) is 44.2 Å². The van der Waals surface area contributed by atoms with Crippen LogP contribution in [0.5, 0.6) is 0 Å². The molecule has 0 aliphatic carbocycles. The molecule has 1 aromatic heterocycles. The minimum Gasteiger partial charge on any atom is -0.468 e. The zero-order valence-corrected chi connectivity index (χ0v) is 21.6. The van der Waals surface area contributed by atoms with E-state index in [4.69, 9.17) is 9.15 Å². The molecule has 1 aliphatic rings. The molecule has 1 atom stereocenters. The Hall–Kier alpha value is -2.07. The van der Waals surface area contributed by atoms with Crippen LogP contribution in [0.25, 0.3) is 0 Å². The molecule has 0 saturated carbocycles. The maximum atomic E-state index is 12.2. The van der Waals surface area contributed by atoms with Crippen LogP contribution in [0.15, 0.2) is 52.1 Å². The molecular weight excluding hydrogens is 519 g/mol. The van der Waals surface area contributed by atoms with Gasteiger partial charge in [-0.3, -0.25) is 14.7 Å². The highest BCUT2D eigenvalue weighted by Crippen LogP contribution is 2.19. The minimum absolute atomic E-state index is 0. The zero-order valence-electron chi connectivity index (χ0n) is 19.3. The van der Waals surface area contributed by atoms with Gasteiger partial charge in [0.1, 0.15) is 5.76 Å². The van der Waals surface area contributed by atoms with E-state index in [9.17, 15) is 4.79 Å². The third-order valence-electron chi connectivity index (χ3n) is 5.55. The molecule has 8 heteroatoms. The molecule has 1 fully saturated rings. The van der Waals surface area contributed by atoms with Crippen molar-refractivity contribution in [3.63, 3.8) is 0 Å². The molecule has 2 aromatic rings. The first kappa shape index (κ1) is 26.2. The third kappa shape index (κ3) is 7.51. The smallest absolute Gasteiger partial charge is 0.310 e. The molecule has 32 heavy (non-hydrogen) atoms. The number of carbonyl (C=O) groups excluding carboxylic acids is 1. The summed E-state index contributed by atoms with van der Waals surface area (Å²) in [6, 6.07) is 12.4. The van der Waals surface area contributed by atoms with Crippen molar-refractivity contribution in [3.8, 4) is 0 Å². The second-order valence-electron chi connectivity index (χ2n) is 7.96. The Morgan fingerprint density at radius 3 is 2.72 bits per heavy atom. The predicted octanol–water partition coefficient (Wildman–Crippen LogP) is 3.88. The second-order valence-corrected chi connectivity index (χ2v) is 7.96. The van der Waals surface area contributed by atoms with Crippen LogP contribution in [0.2, 0.25) is 0 Å². The number of esters is 1. The van der Waals surface area contributed by atoms with Gasteiger partial charge in [-0.2, -0.15) is 0 Å². The molecule has 3 rings (SSSR count). The summed E-state index contributed by atoms with van der Waals surface area (Å²) in [5, 5.41) is 3.49. The molecule has 0 radical (unpaired) electrons. The van der Waals surface area contributed by atoms with Gasteiger partial charge in [0.05, 0.1) is 25.3 Å². The number of aliphatic imine (C=N–C) groups is 1. The van der Waals surface area contributed by atoms with Gasteiger partial charge in [0.25, 0.3) is 0 Å². The van der Waals surface area contributed by atoms with E-state index >= 15 is 0 Å². The number of ether oxygens (including phenoxy) is 1. The fourth-order valence-electron chi connectivity index (χ4n) is 4.03. The summed E-state index contributed by atoms with van der Waals surface area (Å²) >= 11 is 0. The first-order valence-electron chi connectivity index (χ1n) is 11.0. The Labute approximate surface area is 208 Å². The van der Waals surface area contributed by atoms with Gasteiger partial charge in [0, 0.05) is 33.2 Å². The lowest BCUT2D eigenvalue weighted by molar-refractivity contribution is -0.149. The Kier molecular flexibility index (Phi) is 11.0. The Morgan fingerprint density at radius 1 is 1.25 bits per heavy atom. The van der Waals surface area contributed by atoms with Crippen LogP contribution in [-0.2, 0) is 29.2 Å². The number of carbonyl (C=O) groups is 1. The second kappa shape index (κ2) is 13.5. The van der Waals surface area contributed by atoms with E-state index in [0.29, 0.717) is 19.7 Å². The van der Waals surface area contributed by atoms with Gasteiger partial charge in [-0.15, -0.1) is 24.0 Å². The van der Waals surface area contributed by atoms with Crippen LogP contribution >= 0.6 is 24.0 Å². The van der Waals surface area contributed by atoms with Gasteiger partial charge < -0.3 is 19.4 Å².